The van der Waals surface area contributed by atoms with Crippen LogP contribution in [0.15, 0.2) is 23.1 Å². The molecule has 0 atom stereocenters. The van der Waals surface area contributed by atoms with Crippen LogP contribution >= 0.6 is 11.6 Å². The summed E-state index contributed by atoms with van der Waals surface area (Å²) in [7, 11) is -3.71. The Morgan fingerprint density at radius 3 is 2.65 bits per heavy atom. The Labute approximate surface area is 157 Å². The van der Waals surface area contributed by atoms with Crippen molar-refractivity contribution in [2.24, 2.45) is 0 Å². The van der Waals surface area contributed by atoms with E-state index in [1.54, 1.807) is 0 Å². The second-order valence-corrected chi connectivity index (χ2v) is 7.96. The van der Waals surface area contributed by atoms with Crippen molar-refractivity contribution in [2.45, 2.75) is 24.7 Å². The third-order valence-electron chi connectivity index (χ3n) is 3.64. The molecule has 2 rings (SSSR count). The van der Waals surface area contributed by atoms with E-state index in [9.17, 15) is 18.0 Å². The smallest absolute Gasteiger partial charge is 0.306 e. The molecule has 1 heterocycles. The highest BCUT2D eigenvalue weighted by atomic mass is 35.5. The maximum atomic E-state index is 12.7. The lowest BCUT2D eigenvalue weighted by atomic mass is 10.3. The van der Waals surface area contributed by atoms with Crippen molar-refractivity contribution >= 4 is 39.2 Å². The zero-order valence-electron chi connectivity index (χ0n) is 14.4. The van der Waals surface area contributed by atoms with Gasteiger partial charge >= 0.3 is 5.97 Å². The molecule has 1 aromatic rings. The SMILES string of the molecule is CCCC(=O)OCC(=O)Nc1cc(S(=O)(=O)N2CCOCC2)ccc1Cl. The van der Waals surface area contributed by atoms with E-state index >= 15 is 0 Å². The van der Waals surface area contributed by atoms with E-state index in [4.69, 9.17) is 21.1 Å². The Morgan fingerprint density at radius 1 is 1.31 bits per heavy atom. The first-order valence-corrected chi connectivity index (χ1v) is 9.99. The molecule has 10 heteroatoms. The van der Waals surface area contributed by atoms with Gasteiger partial charge in [0.1, 0.15) is 0 Å². The van der Waals surface area contributed by atoms with Crippen LogP contribution in [0.5, 0.6) is 0 Å². The molecule has 1 saturated heterocycles. The Balaban J connectivity index is 2.09. The minimum Gasteiger partial charge on any atom is -0.456 e. The van der Waals surface area contributed by atoms with Gasteiger partial charge in [0.05, 0.1) is 28.8 Å². The third kappa shape index (κ3) is 5.41. The van der Waals surface area contributed by atoms with E-state index in [0.717, 1.165) is 0 Å². The number of hydrogen-bond donors (Lipinski definition) is 1. The van der Waals surface area contributed by atoms with Crippen LogP contribution in [0.1, 0.15) is 19.8 Å². The van der Waals surface area contributed by atoms with Crippen molar-refractivity contribution in [3.63, 3.8) is 0 Å². The molecule has 1 amide bonds. The van der Waals surface area contributed by atoms with Gasteiger partial charge < -0.3 is 14.8 Å². The number of carbonyl (C=O) groups is 2. The lowest BCUT2D eigenvalue weighted by molar-refractivity contribution is -0.147. The molecule has 1 aromatic carbocycles. The Hall–Kier alpha value is -1.68. The summed E-state index contributed by atoms with van der Waals surface area (Å²) in [5.74, 6) is -1.07. The second kappa shape index (κ2) is 9.31. The number of nitrogens with zero attached hydrogens (tertiary/aromatic N) is 1. The summed E-state index contributed by atoms with van der Waals surface area (Å²) < 4.78 is 36.6. The van der Waals surface area contributed by atoms with Gasteiger partial charge in [0.2, 0.25) is 10.0 Å². The topological polar surface area (TPSA) is 102 Å². The van der Waals surface area contributed by atoms with Crippen LogP contribution in [0, 0.1) is 0 Å². The summed E-state index contributed by atoms with van der Waals surface area (Å²) in [6.07, 6.45) is 0.842. The highest BCUT2D eigenvalue weighted by Gasteiger charge is 2.27. The second-order valence-electron chi connectivity index (χ2n) is 5.62. The average molecular weight is 405 g/mol. The van der Waals surface area contributed by atoms with Gasteiger partial charge in [0.25, 0.3) is 5.91 Å². The van der Waals surface area contributed by atoms with Crippen LogP contribution in [-0.4, -0.2) is 57.5 Å². The monoisotopic (exact) mass is 404 g/mol. The van der Waals surface area contributed by atoms with E-state index in [-0.39, 0.29) is 35.1 Å². The molecule has 0 bridgehead atoms. The molecule has 0 radical (unpaired) electrons. The van der Waals surface area contributed by atoms with Gasteiger partial charge in [-0.3, -0.25) is 9.59 Å². The van der Waals surface area contributed by atoms with Gasteiger partial charge in [-0.25, -0.2) is 8.42 Å². The Bertz CT molecular complexity index is 762. The molecule has 0 aliphatic carbocycles. The number of anilines is 1. The van der Waals surface area contributed by atoms with Gasteiger partial charge in [-0.1, -0.05) is 18.5 Å². The zero-order chi connectivity index (χ0) is 19.2. The Morgan fingerprint density at radius 2 is 2.00 bits per heavy atom. The fourth-order valence-electron chi connectivity index (χ4n) is 2.31. The van der Waals surface area contributed by atoms with Crippen LogP contribution in [-0.2, 0) is 29.1 Å². The van der Waals surface area contributed by atoms with E-state index in [1.807, 2.05) is 6.92 Å². The number of carbonyl (C=O) groups excluding carboxylic acids is 2. The highest BCUT2D eigenvalue weighted by Crippen LogP contribution is 2.27. The van der Waals surface area contributed by atoms with Gasteiger partial charge in [-0.15, -0.1) is 0 Å². The molecule has 0 spiro atoms. The van der Waals surface area contributed by atoms with Crippen molar-refractivity contribution in [1.29, 1.82) is 0 Å². The number of ether oxygens (including phenoxy) is 2. The van der Waals surface area contributed by atoms with Crippen molar-refractivity contribution in [2.75, 3.05) is 38.2 Å². The fourth-order valence-corrected chi connectivity index (χ4v) is 3.90. The number of sulfonamides is 1. The summed E-state index contributed by atoms with van der Waals surface area (Å²) in [6.45, 7) is 2.55. The molecular formula is C16H21ClN2O6S. The van der Waals surface area contributed by atoms with Gasteiger partial charge in [-0.2, -0.15) is 4.31 Å². The molecule has 1 fully saturated rings. The number of benzene rings is 1. The molecule has 1 N–H and O–H groups in total. The molecule has 0 aromatic heterocycles. The number of halogens is 1. The summed E-state index contributed by atoms with van der Waals surface area (Å²) in [5, 5.41) is 2.65. The largest absolute Gasteiger partial charge is 0.456 e. The maximum Gasteiger partial charge on any atom is 0.306 e. The number of rotatable bonds is 7. The van der Waals surface area contributed by atoms with Crippen LogP contribution < -0.4 is 5.32 Å². The number of nitrogens with one attached hydrogen (secondary N) is 1. The van der Waals surface area contributed by atoms with E-state index in [0.29, 0.717) is 19.6 Å². The summed E-state index contributed by atoms with van der Waals surface area (Å²) in [4.78, 5) is 23.2. The average Bonchev–Trinajstić information content (AvgIpc) is 2.62. The van der Waals surface area contributed by atoms with Crippen LogP contribution in [0.2, 0.25) is 5.02 Å². The summed E-state index contributed by atoms with van der Waals surface area (Å²) in [5.41, 5.74) is 0.137. The van der Waals surface area contributed by atoms with Crippen molar-refractivity contribution in [1.82, 2.24) is 4.31 Å². The predicted octanol–water partition coefficient (Wildman–Crippen LogP) is 1.64. The number of hydrogen-bond acceptors (Lipinski definition) is 6. The van der Waals surface area contributed by atoms with Crippen LogP contribution in [0.25, 0.3) is 0 Å². The van der Waals surface area contributed by atoms with E-state index in [1.165, 1.54) is 22.5 Å². The zero-order valence-corrected chi connectivity index (χ0v) is 15.9. The van der Waals surface area contributed by atoms with Crippen molar-refractivity contribution in [3.05, 3.63) is 23.2 Å². The van der Waals surface area contributed by atoms with Gasteiger partial charge in [0, 0.05) is 19.5 Å². The first kappa shape index (κ1) is 20.6. The summed E-state index contributed by atoms with van der Waals surface area (Å²) in [6, 6.07) is 4.07. The normalized spacial score (nSPS) is 15.5. The predicted molar refractivity (Wildman–Crippen MR) is 95.5 cm³/mol. The van der Waals surface area contributed by atoms with Crippen molar-refractivity contribution in [3.8, 4) is 0 Å². The maximum absolute atomic E-state index is 12.7. The fraction of sp³-hybridized carbons (Fsp3) is 0.500. The van der Waals surface area contributed by atoms with Crippen LogP contribution in [0.3, 0.4) is 0 Å². The molecule has 0 saturated carbocycles. The van der Waals surface area contributed by atoms with Crippen LogP contribution in [0.4, 0.5) is 5.69 Å². The quantitative estimate of drug-likeness (QED) is 0.693. The molecule has 26 heavy (non-hydrogen) atoms. The minimum absolute atomic E-state index is 0.0158. The number of esters is 1. The lowest BCUT2D eigenvalue weighted by Crippen LogP contribution is -2.40. The molecule has 0 unspecified atom stereocenters. The highest BCUT2D eigenvalue weighted by molar-refractivity contribution is 7.89. The first-order valence-electron chi connectivity index (χ1n) is 8.17. The third-order valence-corrected chi connectivity index (χ3v) is 5.86. The van der Waals surface area contributed by atoms with E-state index in [2.05, 4.69) is 5.32 Å². The summed E-state index contributed by atoms with van der Waals surface area (Å²) >= 11 is 6.04. The molecular weight excluding hydrogens is 384 g/mol. The van der Waals surface area contributed by atoms with Gasteiger partial charge in [-0.05, 0) is 24.6 Å². The number of amides is 1. The standard InChI is InChI=1S/C16H21ClN2O6S/c1-2-3-16(21)25-11-15(20)18-14-10-12(4-5-13(14)17)26(22,23)19-6-8-24-9-7-19/h4-5,10H,2-3,6-9,11H2,1H3,(H,18,20). The Kier molecular flexibility index (Phi) is 7.39. The molecule has 8 nitrogen and oxygen atoms in total. The van der Waals surface area contributed by atoms with Crippen molar-refractivity contribution < 1.29 is 27.5 Å². The minimum atomic E-state index is -3.71. The number of morpholine rings is 1. The molecule has 144 valence electrons. The molecule has 1 aliphatic heterocycles. The first-order chi connectivity index (χ1) is 12.3. The van der Waals surface area contributed by atoms with Gasteiger partial charge in [0.15, 0.2) is 6.61 Å². The van der Waals surface area contributed by atoms with E-state index < -0.39 is 28.5 Å². The lowest BCUT2D eigenvalue weighted by Gasteiger charge is -2.26. The molecule has 1 aliphatic rings.